The Morgan fingerprint density at radius 2 is 1.54 bits per heavy atom. The lowest BCUT2D eigenvalue weighted by atomic mass is 9.78. The molecule has 0 heterocycles. The van der Waals surface area contributed by atoms with Gasteiger partial charge in [-0.1, -0.05) is 61.4 Å². The van der Waals surface area contributed by atoms with E-state index < -0.39 is 0 Å². The van der Waals surface area contributed by atoms with E-state index in [-0.39, 0.29) is 0 Å². The van der Waals surface area contributed by atoms with Crippen LogP contribution in [0.4, 0.5) is 0 Å². The SMILES string of the molecule is CCCC1CCC(CCCBr)CC1. The minimum Gasteiger partial charge on any atom is -0.0928 e. The summed E-state index contributed by atoms with van der Waals surface area (Å²) in [7, 11) is 0. The van der Waals surface area contributed by atoms with E-state index in [4.69, 9.17) is 0 Å². The topological polar surface area (TPSA) is 0 Å². The molecule has 0 aromatic heterocycles. The molecule has 0 saturated heterocycles. The van der Waals surface area contributed by atoms with Gasteiger partial charge in [0.2, 0.25) is 0 Å². The summed E-state index contributed by atoms with van der Waals surface area (Å²) in [5.74, 6) is 2.14. The Hall–Kier alpha value is 0.480. The third-order valence-electron chi connectivity index (χ3n) is 3.41. The van der Waals surface area contributed by atoms with Crippen LogP contribution in [0.3, 0.4) is 0 Å². The first-order chi connectivity index (χ1) is 6.36. The molecule has 0 spiro atoms. The van der Waals surface area contributed by atoms with Gasteiger partial charge in [0.15, 0.2) is 0 Å². The van der Waals surface area contributed by atoms with E-state index in [2.05, 4.69) is 22.9 Å². The number of hydrogen-bond donors (Lipinski definition) is 0. The molecule has 0 aliphatic heterocycles. The second-order valence-electron chi connectivity index (χ2n) is 4.51. The first-order valence-corrected chi connectivity index (χ1v) is 7.05. The number of rotatable bonds is 5. The first kappa shape index (κ1) is 11.6. The van der Waals surface area contributed by atoms with Crippen molar-refractivity contribution in [3.63, 3.8) is 0 Å². The van der Waals surface area contributed by atoms with E-state index >= 15 is 0 Å². The van der Waals surface area contributed by atoms with Crippen molar-refractivity contribution in [1.82, 2.24) is 0 Å². The maximum atomic E-state index is 3.51. The van der Waals surface area contributed by atoms with E-state index in [1.165, 1.54) is 56.7 Å². The van der Waals surface area contributed by atoms with E-state index in [1.54, 1.807) is 0 Å². The molecule has 1 aliphatic rings. The zero-order valence-electron chi connectivity index (χ0n) is 8.90. The van der Waals surface area contributed by atoms with Gasteiger partial charge in [0.05, 0.1) is 0 Å². The van der Waals surface area contributed by atoms with Crippen LogP contribution in [0.5, 0.6) is 0 Å². The lowest BCUT2D eigenvalue weighted by Gasteiger charge is -2.28. The lowest BCUT2D eigenvalue weighted by molar-refractivity contribution is 0.251. The van der Waals surface area contributed by atoms with Crippen LogP contribution < -0.4 is 0 Å². The molecule has 1 aliphatic carbocycles. The smallest absolute Gasteiger partial charge is 0.00314 e. The molecule has 0 unspecified atom stereocenters. The molecule has 0 nitrogen and oxygen atoms in total. The minimum atomic E-state index is 1.06. The molecule has 0 aromatic rings. The van der Waals surface area contributed by atoms with Gasteiger partial charge in [0, 0.05) is 5.33 Å². The highest BCUT2D eigenvalue weighted by molar-refractivity contribution is 9.09. The summed E-state index contributed by atoms with van der Waals surface area (Å²) in [5, 5.41) is 1.20. The summed E-state index contributed by atoms with van der Waals surface area (Å²) in [6.07, 6.45) is 11.8. The standard InChI is InChI=1S/C12H23Br/c1-2-4-11-6-8-12(9-7-11)5-3-10-13/h11-12H,2-10H2,1H3. The maximum absolute atomic E-state index is 3.51. The van der Waals surface area contributed by atoms with Gasteiger partial charge in [-0.3, -0.25) is 0 Å². The van der Waals surface area contributed by atoms with Gasteiger partial charge < -0.3 is 0 Å². The van der Waals surface area contributed by atoms with Gasteiger partial charge in [-0.15, -0.1) is 0 Å². The molecular formula is C12H23Br. The first-order valence-electron chi connectivity index (χ1n) is 5.92. The normalized spacial score (nSPS) is 29.1. The fraction of sp³-hybridized carbons (Fsp3) is 1.00. The Balaban J connectivity index is 2.08. The largest absolute Gasteiger partial charge is 0.0928 e. The highest BCUT2D eigenvalue weighted by Crippen LogP contribution is 2.33. The average molecular weight is 247 g/mol. The molecule has 0 atom stereocenters. The van der Waals surface area contributed by atoms with Gasteiger partial charge in [-0.25, -0.2) is 0 Å². The van der Waals surface area contributed by atoms with Crippen molar-refractivity contribution in [2.45, 2.75) is 58.3 Å². The monoisotopic (exact) mass is 246 g/mol. The molecule has 1 saturated carbocycles. The highest BCUT2D eigenvalue weighted by atomic mass is 79.9. The van der Waals surface area contributed by atoms with E-state index in [1.807, 2.05) is 0 Å². The second kappa shape index (κ2) is 6.86. The Kier molecular flexibility index (Phi) is 6.10. The molecule has 13 heavy (non-hydrogen) atoms. The molecule has 1 heteroatoms. The van der Waals surface area contributed by atoms with Crippen LogP contribution >= 0.6 is 15.9 Å². The van der Waals surface area contributed by atoms with Crippen LogP contribution in [0.15, 0.2) is 0 Å². The summed E-state index contributed by atoms with van der Waals surface area (Å²) in [6.45, 7) is 2.32. The van der Waals surface area contributed by atoms with Crippen LogP contribution in [-0.2, 0) is 0 Å². The van der Waals surface area contributed by atoms with Crippen LogP contribution in [0.1, 0.15) is 58.3 Å². The number of hydrogen-bond acceptors (Lipinski definition) is 0. The molecule has 0 aromatic carbocycles. The summed E-state index contributed by atoms with van der Waals surface area (Å²) in [4.78, 5) is 0. The summed E-state index contributed by atoms with van der Waals surface area (Å²) >= 11 is 3.51. The van der Waals surface area contributed by atoms with E-state index in [0.29, 0.717) is 0 Å². The van der Waals surface area contributed by atoms with Crippen molar-refractivity contribution in [2.24, 2.45) is 11.8 Å². The van der Waals surface area contributed by atoms with Gasteiger partial charge in [-0.2, -0.15) is 0 Å². The third kappa shape index (κ3) is 4.49. The summed E-state index contributed by atoms with van der Waals surface area (Å²) < 4.78 is 0. The van der Waals surface area contributed by atoms with Crippen LogP contribution in [0.25, 0.3) is 0 Å². The zero-order valence-corrected chi connectivity index (χ0v) is 10.5. The fourth-order valence-electron chi connectivity index (χ4n) is 2.58. The molecular weight excluding hydrogens is 224 g/mol. The maximum Gasteiger partial charge on any atom is 0.00314 e. The Morgan fingerprint density at radius 1 is 1.00 bits per heavy atom. The van der Waals surface area contributed by atoms with Crippen molar-refractivity contribution >= 4 is 15.9 Å². The van der Waals surface area contributed by atoms with Crippen LogP contribution in [0, 0.1) is 11.8 Å². The molecule has 0 N–H and O–H groups in total. The summed E-state index contributed by atoms with van der Waals surface area (Å²) in [5.41, 5.74) is 0. The predicted molar refractivity (Wildman–Crippen MR) is 63.4 cm³/mol. The van der Waals surface area contributed by atoms with Crippen molar-refractivity contribution in [1.29, 1.82) is 0 Å². The van der Waals surface area contributed by atoms with Crippen molar-refractivity contribution in [2.75, 3.05) is 5.33 Å². The summed E-state index contributed by atoms with van der Waals surface area (Å²) in [6, 6.07) is 0. The molecule has 0 radical (unpaired) electrons. The third-order valence-corrected chi connectivity index (χ3v) is 3.97. The van der Waals surface area contributed by atoms with Crippen LogP contribution in [0.2, 0.25) is 0 Å². The van der Waals surface area contributed by atoms with Crippen molar-refractivity contribution < 1.29 is 0 Å². The number of halogens is 1. The minimum absolute atomic E-state index is 1.06. The molecule has 1 rings (SSSR count). The zero-order chi connectivity index (χ0) is 9.52. The Labute approximate surface area is 91.6 Å². The quantitative estimate of drug-likeness (QED) is 0.614. The van der Waals surface area contributed by atoms with Gasteiger partial charge in [0.1, 0.15) is 0 Å². The lowest BCUT2D eigenvalue weighted by Crippen LogP contribution is -2.14. The van der Waals surface area contributed by atoms with E-state index in [9.17, 15) is 0 Å². The van der Waals surface area contributed by atoms with Crippen LogP contribution in [-0.4, -0.2) is 5.33 Å². The Bertz CT molecular complexity index is 114. The second-order valence-corrected chi connectivity index (χ2v) is 5.30. The molecule has 0 bridgehead atoms. The number of alkyl halides is 1. The van der Waals surface area contributed by atoms with Crippen molar-refractivity contribution in [3.8, 4) is 0 Å². The Morgan fingerprint density at radius 3 is 2.00 bits per heavy atom. The highest BCUT2D eigenvalue weighted by Gasteiger charge is 2.19. The van der Waals surface area contributed by atoms with E-state index in [0.717, 1.165) is 11.8 Å². The van der Waals surface area contributed by atoms with Gasteiger partial charge >= 0.3 is 0 Å². The average Bonchev–Trinajstić information content (AvgIpc) is 2.17. The van der Waals surface area contributed by atoms with Gasteiger partial charge in [0.25, 0.3) is 0 Å². The predicted octanol–water partition coefficient (Wildman–Crippen LogP) is 4.77. The molecule has 0 amide bonds. The molecule has 78 valence electrons. The van der Waals surface area contributed by atoms with Crippen molar-refractivity contribution in [3.05, 3.63) is 0 Å². The van der Waals surface area contributed by atoms with Gasteiger partial charge in [-0.05, 0) is 24.7 Å². The fourth-order valence-corrected chi connectivity index (χ4v) is 2.91. The molecule has 1 fully saturated rings.